The van der Waals surface area contributed by atoms with Crippen LogP contribution in [0.25, 0.3) is 10.9 Å². The smallest absolute Gasteiger partial charge is 0.326 e. The van der Waals surface area contributed by atoms with Crippen LogP contribution in [0.2, 0.25) is 0 Å². The monoisotopic (exact) mass is 361 g/mol. The number of aromatic amines is 1. The Balaban J connectivity index is 1.72. The van der Waals surface area contributed by atoms with Crippen LogP contribution in [0.3, 0.4) is 0 Å². The predicted molar refractivity (Wildman–Crippen MR) is 91.9 cm³/mol. The van der Waals surface area contributed by atoms with E-state index in [1.54, 1.807) is 17.2 Å². The first-order valence-electron chi connectivity index (χ1n) is 8.45. The molecule has 1 aromatic carbocycles. The summed E-state index contributed by atoms with van der Waals surface area (Å²) >= 11 is 0. The predicted octanol–water partition coefficient (Wildman–Crippen LogP) is 1.29. The van der Waals surface area contributed by atoms with Gasteiger partial charge in [0.25, 0.3) is 0 Å². The molecule has 0 unspecified atom stereocenters. The third-order valence-electron chi connectivity index (χ3n) is 4.74. The molecule has 1 aliphatic rings. The number of carboxylic acid groups (broad SMARTS) is 1. The van der Waals surface area contributed by atoms with Crippen molar-refractivity contribution in [2.24, 2.45) is 5.92 Å². The fraction of sp³-hybridized carbons (Fsp3) is 0.389. The lowest BCUT2D eigenvalue weighted by Crippen LogP contribution is -2.45. The molecule has 3 N–H and O–H groups in total. The van der Waals surface area contributed by atoms with Crippen LogP contribution >= 0.6 is 0 Å². The van der Waals surface area contributed by atoms with Crippen molar-refractivity contribution < 1.29 is 23.9 Å². The Morgan fingerprint density at radius 2 is 2.23 bits per heavy atom. The molecule has 0 bridgehead atoms. The van der Waals surface area contributed by atoms with Gasteiger partial charge in [-0.3, -0.25) is 9.59 Å². The molecule has 26 heavy (non-hydrogen) atoms. The van der Waals surface area contributed by atoms with Crippen molar-refractivity contribution in [3.63, 3.8) is 0 Å². The Morgan fingerprint density at radius 1 is 1.46 bits per heavy atom. The molecule has 2 aromatic rings. The van der Waals surface area contributed by atoms with Crippen molar-refractivity contribution in [2.45, 2.75) is 25.8 Å². The summed E-state index contributed by atoms with van der Waals surface area (Å²) in [6.07, 6.45) is 1.77. The number of carboxylic acids is 1. The third kappa shape index (κ3) is 3.54. The van der Waals surface area contributed by atoms with Crippen LogP contribution < -0.4 is 5.32 Å². The third-order valence-corrected chi connectivity index (χ3v) is 4.74. The number of nitrogens with zero attached hydrogens (tertiary/aromatic N) is 1. The van der Waals surface area contributed by atoms with Gasteiger partial charge in [-0.1, -0.05) is 0 Å². The minimum atomic E-state index is -1.16. The fourth-order valence-corrected chi connectivity index (χ4v) is 3.29. The van der Waals surface area contributed by atoms with Gasteiger partial charge in [-0.25, -0.2) is 9.18 Å². The second kappa shape index (κ2) is 7.15. The molecule has 1 saturated heterocycles. The van der Waals surface area contributed by atoms with Crippen LogP contribution in [0.15, 0.2) is 24.4 Å². The largest absolute Gasteiger partial charge is 0.480 e. The number of likely N-dealkylation sites (tertiary alicyclic amines) is 1. The van der Waals surface area contributed by atoms with E-state index in [0.29, 0.717) is 29.6 Å². The number of amides is 2. The summed E-state index contributed by atoms with van der Waals surface area (Å²) in [6, 6.07) is 3.08. The average molecular weight is 361 g/mol. The first-order valence-corrected chi connectivity index (χ1v) is 8.45. The zero-order valence-corrected chi connectivity index (χ0v) is 14.3. The van der Waals surface area contributed by atoms with Crippen LogP contribution in [0, 0.1) is 11.7 Å². The van der Waals surface area contributed by atoms with Crippen molar-refractivity contribution in [3.05, 3.63) is 35.8 Å². The van der Waals surface area contributed by atoms with Crippen molar-refractivity contribution in [3.8, 4) is 0 Å². The highest BCUT2D eigenvalue weighted by molar-refractivity contribution is 5.92. The van der Waals surface area contributed by atoms with Gasteiger partial charge < -0.3 is 20.3 Å². The molecule has 1 aromatic heterocycles. The first-order chi connectivity index (χ1) is 12.4. The maximum absolute atomic E-state index is 13.3. The number of halogens is 1. The summed E-state index contributed by atoms with van der Waals surface area (Å²) in [4.78, 5) is 40.2. The number of aliphatic carboxylic acids is 1. The van der Waals surface area contributed by atoms with Gasteiger partial charge in [0.05, 0.1) is 5.92 Å². The van der Waals surface area contributed by atoms with Crippen molar-refractivity contribution in [1.29, 1.82) is 0 Å². The van der Waals surface area contributed by atoms with E-state index in [9.17, 15) is 23.9 Å². The molecule has 0 saturated carbocycles. The highest BCUT2D eigenvalue weighted by atomic mass is 19.1. The van der Waals surface area contributed by atoms with Gasteiger partial charge in [0.2, 0.25) is 11.8 Å². The highest BCUT2D eigenvalue weighted by Gasteiger charge is 2.35. The number of rotatable bonds is 6. The quantitative estimate of drug-likeness (QED) is 0.721. The molecular weight excluding hydrogens is 341 g/mol. The number of aromatic nitrogens is 1. The summed E-state index contributed by atoms with van der Waals surface area (Å²) < 4.78 is 13.3. The SMILES string of the molecule is CCN1C[C@@H](C(=O)N[C@H](Cc2c[nH]c3cc(F)ccc23)C(=O)O)CC1=O. The number of H-pyrrole nitrogens is 1. The topological polar surface area (TPSA) is 102 Å². The Kier molecular flexibility index (Phi) is 4.92. The zero-order valence-electron chi connectivity index (χ0n) is 14.3. The molecule has 2 amide bonds. The minimum absolute atomic E-state index is 0.0604. The number of fused-ring (bicyclic) bond motifs is 1. The lowest BCUT2D eigenvalue weighted by atomic mass is 10.0. The van der Waals surface area contributed by atoms with E-state index < -0.39 is 23.8 Å². The van der Waals surface area contributed by atoms with Crippen LogP contribution in [0.5, 0.6) is 0 Å². The molecule has 3 rings (SSSR count). The van der Waals surface area contributed by atoms with Gasteiger partial charge >= 0.3 is 5.97 Å². The van der Waals surface area contributed by atoms with Gasteiger partial charge in [0, 0.05) is 43.0 Å². The second-order valence-corrected chi connectivity index (χ2v) is 6.44. The van der Waals surface area contributed by atoms with E-state index in [2.05, 4.69) is 10.3 Å². The normalized spacial score (nSPS) is 18.3. The Morgan fingerprint density at radius 3 is 2.88 bits per heavy atom. The summed E-state index contributed by atoms with van der Waals surface area (Å²) in [5, 5.41) is 12.7. The maximum Gasteiger partial charge on any atom is 0.326 e. The van der Waals surface area contributed by atoms with Crippen LogP contribution in [-0.4, -0.2) is 51.9 Å². The number of benzene rings is 1. The molecule has 138 valence electrons. The van der Waals surface area contributed by atoms with E-state index in [0.717, 1.165) is 0 Å². The molecule has 1 fully saturated rings. The van der Waals surface area contributed by atoms with Crippen LogP contribution in [0.1, 0.15) is 18.9 Å². The molecule has 0 spiro atoms. The van der Waals surface area contributed by atoms with Crippen LogP contribution in [-0.2, 0) is 20.8 Å². The molecule has 2 atom stereocenters. The zero-order chi connectivity index (χ0) is 18.8. The lowest BCUT2D eigenvalue weighted by molar-refractivity contribution is -0.142. The van der Waals surface area contributed by atoms with Gasteiger partial charge in [-0.05, 0) is 30.7 Å². The Bertz CT molecular complexity index is 863. The van der Waals surface area contributed by atoms with Crippen molar-refractivity contribution in [1.82, 2.24) is 15.2 Å². The average Bonchev–Trinajstić information content (AvgIpc) is 3.17. The lowest BCUT2D eigenvalue weighted by Gasteiger charge is -2.17. The van der Waals surface area contributed by atoms with Crippen LogP contribution in [0.4, 0.5) is 4.39 Å². The van der Waals surface area contributed by atoms with Gasteiger partial charge in [-0.2, -0.15) is 0 Å². The minimum Gasteiger partial charge on any atom is -0.480 e. The molecule has 0 aliphatic carbocycles. The molecule has 2 heterocycles. The van der Waals surface area contributed by atoms with E-state index in [1.165, 1.54) is 12.1 Å². The summed E-state index contributed by atoms with van der Waals surface area (Å²) in [6.45, 7) is 2.66. The van der Waals surface area contributed by atoms with E-state index in [-0.39, 0.29) is 24.6 Å². The van der Waals surface area contributed by atoms with E-state index in [1.807, 2.05) is 6.92 Å². The van der Waals surface area contributed by atoms with Gasteiger partial charge in [-0.15, -0.1) is 0 Å². The van der Waals surface area contributed by atoms with E-state index >= 15 is 0 Å². The summed E-state index contributed by atoms with van der Waals surface area (Å²) in [5.41, 5.74) is 1.24. The molecule has 0 radical (unpaired) electrons. The van der Waals surface area contributed by atoms with Gasteiger partial charge in [0.1, 0.15) is 11.9 Å². The fourth-order valence-electron chi connectivity index (χ4n) is 3.29. The molecule has 7 nitrogen and oxygen atoms in total. The highest BCUT2D eigenvalue weighted by Crippen LogP contribution is 2.21. The summed E-state index contributed by atoms with van der Waals surface area (Å²) in [5.74, 6) is -2.63. The Labute approximate surface area is 149 Å². The summed E-state index contributed by atoms with van der Waals surface area (Å²) in [7, 11) is 0. The number of hydrogen-bond donors (Lipinski definition) is 3. The number of carbonyl (C=O) groups is 3. The number of hydrogen-bond acceptors (Lipinski definition) is 3. The van der Waals surface area contributed by atoms with Crippen molar-refractivity contribution >= 4 is 28.7 Å². The standard InChI is InChI=1S/C18H20FN3O4/c1-2-22-9-11(6-16(22)23)17(24)21-15(18(25)26)5-10-8-20-14-7-12(19)3-4-13(10)14/h3-4,7-8,11,15,20H,2,5-6,9H2,1H3,(H,21,24)(H,25,26)/t11-,15+/m0/s1. The number of carbonyl (C=O) groups excluding carboxylic acids is 2. The molecular formula is C18H20FN3O4. The van der Waals surface area contributed by atoms with E-state index in [4.69, 9.17) is 0 Å². The molecule has 8 heteroatoms. The molecule has 1 aliphatic heterocycles. The van der Waals surface area contributed by atoms with Crippen molar-refractivity contribution in [2.75, 3.05) is 13.1 Å². The number of nitrogens with one attached hydrogen (secondary N) is 2. The Hall–Kier alpha value is -2.90. The van der Waals surface area contributed by atoms with Gasteiger partial charge in [0.15, 0.2) is 0 Å². The maximum atomic E-state index is 13.3. The first kappa shape index (κ1) is 17.9. The second-order valence-electron chi connectivity index (χ2n) is 6.44.